The summed E-state index contributed by atoms with van der Waals surface area (Å²) in [5.41, 5.74) is 3.82. The normalized spacial score (nSPS) is 11.9. The van der Waals surface area contributed by atoms with Crippen molar-refractivity contribution in [2.45, 2.75) is 33.1 Å². The van der Waals surface area contributed by atoms with Crippen LogP contribution in [0.1, 0.15) is 47.7 Å². The molecule has 0 radical (unpaired) electrons. The molecule has 0 heterocycles. The highest BCUT2D eigenvalue weighted by Crippen LogP contribution is 2.27. The SMILES string of the molecule is CCC(C)c1ccccc1NC(=O)c1ccccc1C. The van der Waals surface area contributed by atoms with Crippen LogP contribution in [0.2, 0.25) is 0 Å². The number of hydrogen-bond donors (Lipinski definition) is 1. The maximum Gasteiger partial charge on any atom is 0.255 e. The number of carbonyl (C=O) groups is 1. The van der Waals surface area contributed by atoms with Crippen LogP contribution in [-0.4, -0.2) is 5.91 Å². The molecule has 2 aromatic carbocycles. The van der Waals surface area contributed by atoms with E-state index in [0.717, 1.165) is 23.2 Å². The number of rotatable bonds is 4. The lowest BCUT2D eigenvalue weighted by Crippen LogP contribution is -2.15. The van der Waals surface area contributed by atoms with Gasteiger partial charge < -0.3 is 5.32 Å². The van der Waals surface area contributed by atoms with E-state index in [0.29, 0.717) is 5.92 Å². The van der Waals surface area contributed by atoms with Gasteiger partial charge in [0.15, 0.2) is 0 Å². The van der Waals surface area contributed by atoms with Crippen LogP contribution in [-0.2, 0) is 0 Å². The predicted molar refractivity (Wildman–Crippen MR) is 84.3 cm³/mol. The zero-order valence-corrected chi connectivity index (χ0v) is 12.3. The van der Waals surface area contributed by atoms with Crippen LogP contribution in [0.4, 0.5) is 5.69 Å². The fourth-order valence-corrected chi connectivity index (χ4v) is 2.28. The fraction of sp³-hybridized carbons (Fsp3) is 0.278. The molecule has 2 nitrogen and oxygen atoms in total. The molecule has 0 aliphatic carbocycles. The van der Waals surface area contributed by atoms with E-state index in [9.17, 15) is 4.79 Å². The van der Waals surface area contributed by atoms with E-state index in [4.69, 9.17) is 0 Å². The van der Waals surface area contributed by atoms with Gasteiger partial charge in [-0.1, -0.05) is 50.2 Å². The molecule has 0 saturated heterocycles. The predicted octanol–water partition coefficient (Wildman–Crippen LogP) is 4.76. The van der Waals surface area contributed by atoms with Crippen molar-refractivity contribution in [1.82, 2.24) is 0 Å². The number of nitrogens with one attached hydrogen (secondary N) is 1. The minimum Gasteiger partial charge on any atom is -0.322 e. The third-order valence-electron chi connectivity index (χ3n) is 3.74. The van der Waals surface area contributed by atoms with Gasteiger partial charge in [0.2, 0.25) is 0 Å². The summed E-state index contributed by atoms with van der Waals surface area (Å²) < 4.78 is 0. The van der Waals surface area contributed by atoms with Crippen molar-refractivity contribution in [1.29, 1.82) is 0 Å². The summed E-state index contributed by atoms with van der Waals surface area (Å²) in [4.78, 5) is 12.4. The molecule has 104 valence electrons. The zero-order valence-electron chi connectivity index (χ0n) is 12.3. The molecule has 2 rings (SSSR count). The van der Waals surface area contributed by atoms with Gasteiger partial charge in [-0.3, -0.25) is 4.79 Å². The van der Waals surface area contributed by atoms with E-state index in [1.807, 2.05) is 49.4 Å². The van der Waals surface area contributed by atoms with E-state index in [2.05, 4.69) is 25.2 Å². The summed E-state index contributed by atoms with van der Waals surface area (Å²) in [7, 11) is 0. The number of para-hydroxylation sites is 1. The highest BCUT2D eigenvalue weighted by atomic mass is 16.1. The largest absolute Gasteiger partial charge is 0.322 e. The third-order valence-corrected chi connectivity index (χ3v) is 3.74. The number of carbonyl (C=O) groups excluding carboxylic acids is 1. The number of hydrogen-bond acceptors (Lipinski definition) is 1. The first-order valence-corrected chi connectivity index (χ1v) is 7.09. The van der Waals surface area contributed by atoms with Gasteiger partial charge in [-0.05, 0) is 42.5 Å². The van der Waals surface area contributed by atoms with Crippen LogP contribution < -0.4 is 5.32 Å². The molecule has 0 aromatic heterocycles. The van der Waals surface area contributed by atoms with E-state index in [1.54, 1.807) is 0 Å². The average Bonchev–Trinajstić information content (AvgIpc) is 2.47. The Labute approximate surface area is 120 Å². The number of amides is 1. The lowest BCUT2D eigenvalue weighted by molar-refractivity contribution is 0.102. The van der Waals surface area contributed by atoms with Crippen molar-refractivity contribution in [3.05, 3.63) is 65.2 Å². The molecule has 1 amide bonds. The zero-order chi connectivity index (χ0) is 14.5. The molecule has 1 unspecified atom stereocenters. The Morgan fingerprint density at radius 3 is 2.45 bits per heavy atom. The smallest absolute Gasteiger partial charge is 0.255 e. The second kappa shape index (κ2) is 6.38. The van der Waals surface area contributed by atoms with Crippen LogP contribution in [0, 0.1) is 6.92 Å². The molecule has 20 heavy (non-hydrogen) atoms. The van der Waals surface area contributed by atoms with Crippen molar-refractivity contribution in [2.75, 3.05) is 5.32 Å². The molecule has 2 heteroatoms. The third kappa shape index (κ3) is 3.08. The van der Waals surface area contributed by atoms with Gasteiger partial charge in [0.05, 0.1) is 0 Å². The first kappa shape index (κ1) is 14.3. The summed E-state index contributed by atoms with van der Waals surface area (Å²) in [6.45, 7) is 6.29. The molecule has 1 N–H and O–H groups in total. The highest BCUT2D eigenvalue weighted by Gasteiger charge is 2.13. The Morgan fingerprint density at radius 1 is 1.10 bits per heavy atom. The van der Waals surface area contributed by atoms with Crippen LogP contribution in [0.25, 0.3) is 0 Å². The standard InChI is InChI=1S/C18H21NO/c1-4-13(2)15-10-7-8-12-17(15)19-18(20)16-11-6-5-9-14(16)3/h5-13H,4H2,1-3H3,(H,19,20). The minimum absolute atomic E-state index is 0.0427. The first-order chi connectivity index (χ1) is 9.63. The Kier molecular flexibility index (Phi) is 4.57. The second-order valence-electron chi connectivity index (χ2n) is 5.17. The molecule has 0 fully saturated rings. The summed E-state index contributed by atoms with van der Waals surface area (Å²) in [6, 6.07) is 15.7. The van der Waals surface area contributed by atoms with Crippen molar-refractivity contribution < 1.29 is 4.79 Å². The molecule has 0 bridgehead atoms. The van der Waals surface area contributed by atoms with Gasteiger partial charge in [-0.15, -0.1) is 0 Å². The molecular formula is C18H21NO. The Balaban J connectivity index is 2.27. The van der Waals surface area contributed by atoms with Gasteiger partial charge in [-0.25, -0.2) is 0 Å². The Morgan fingerprint density at radius 2 is 1.75 bits per heavy atom. The summed E-state index contributed by atoms with van der Waals surface area (Å²) in [6.07, 6.45) is 1.05. The van der Waals surface area contributed by atoms with Crippen LogP contribution >= 0.6 is 0 Å². The molecule has 1 atom stereocenters. The van der Waals surface area contributed by atoms with Crippen LogP contribution in [0.15, 0.2) is 48.5 Å². The highest BCUT2D eigenvalue weighted by molar-refractivity contribution is 6.05. The maximum absolute atomic E-state index is 12.4. The van der Waals surface area contributed by atoms with Gasteiger partial charge >= 0.3 is 0 Å². The molecule has 2 aromatic rings. The van der Waals surface area contributed by atoms with Crippen molar-refractivity contribution >= 4 is 11.6 Å². The second-order valence-corrected chi connectivity index (χ2v) is 5.17. The van der Waals surface area contributed by atoms with Gasteiger partial charge in [0, 0.05) is 11.3 Å². The minimum atomic E-state index is -0.0427. The first-order valence-electron chi connectivity index (χ1n) is 7.09. The topological polar surface area (TPSA) is 29.1 Å². The monoisotopic (exact) mass is 267 g/mol. The maximum atomic E-state index is 12.4. The molecule has 0 saturated carbocycles. The van der Waals surface area contributed by atoms with Crippen molar-refractivity contribution in [2.24, 2.45) is 0 Å². The molecule has 0 aliphatic rings. The number of anilines is 1. The molecular weight excluding hydrogens is 246 g/mol. The molecule has 0 spiro atoms. The number of aryl methyl sites for hydroxylation is 1. The van der Waals surface area contributed by atoms with Gasteiger partial charge in [0.25, 0.3) is 5.91 Å². The summed E-state index contributed by atoms with van der Waals surface area (Å²) >= 11 is 0. The summed E-state index contributed by atoms with van der Waals surface area (Å²) in [5, 5.41) is 3.04. The van der Waals surface area contributed by atoms with Gasteiger partial charge in [0.1, 0.15) is 0 Å². The quantitative estimate of drug-likeness (QED) is 0.850. The molecule has 0 aliphatic heterocycles. The number of benzene rings is 2. The average molecular weight is 267 g/mol. The lowest BCUT2D eigenvalue weighted by atomic mass is 9.96. The van der Waals surface area contributed by atoms with E-state index in [-0.39, 0.29) is 5.91 Å². The van der Waals surface area contributed by atoms with Crippen molar-refractivity contribution in [3.8, 4) is 0 Å². The Hall–Kier alpha value is -2.09. The van der Waals surface area contributed by atoms with E-state index < -0.39 is 0 Å². The van der Waals surface area contributed by atoms with E-state index in [1.165, 1.54) is 5.56 Å². The van der Waals surface area contributed by atoms with E-state index >= 15 is 0 Å². The lowest BCUT2D eigenvalue weighted by Gasteiger charge is -2.16. The van der Waals surface area contributed by atoms with Crippen molar-refractivity contribution in [3.63, 3.8) is 0 Å². The van der Waals surface area contributed by atoms with Crippen LogP contribution in [0.5, 0.6) is 0 Å². The van der Waals surface area contributed by atoms with Crippen LogP contribution in [0.3, 0.4) is 0 Å². The fourth-order valence-electron chi connectivity index (χ4n) is 2.28. The summed E-state index contributed by atoms with van der Waals surface area (Å²) in [5.74, 6) is 0.391. The Bertz CT molecular complexity index is 604. The van der Waals surface area contributed by atoms with Gasteiger partial charge in [-0.2, -0.15) is 0 Å².